The first kappa shape index (κ1) is 21.0. The molecule has 1 aromatic carbocycles. The monoisotopic (exact) mass is 484 g/mol. The van der Waals surface area contributed by atoms with Crippen LogP contribution in [0.1, 0.15) is 34.7 Å². The molecule has 4 rings (SSSR count). The maximum atomic E-state index is 5.72. The first-order chi connectivity index (χ1) is 14.5. The van der Waals surface area contributed by atoms with Crippen molar-refractivity contribution in [3.05, 3.63) is 81.8 Å². The lowest BCUT2D eigenvalue weighted by atomic mass is 9.97. The Morgan fingerprint density at radius 2 is 2.00 bits per heavy atom. The number of rotatable bonds is 6. The van der Waals surface area contributed by atoms with Crippen molar-refractivity contribution in [3.8, 4) is 5.69 Å². The lowest BCUT2D eigenvalue weighted by Crippen LogP contribution is -2.32. The first-order valence-corrected chi connectivity index (χ1v) is 11.1. The van der Waals surface area contributed by atoms with Crippen molar-refractivity contribution in [3.63, 3.8) is 0 Å². The minimum absolute atomic E-state index is 0.0213. The van der Waals surface area contributed by atoms with Crippen LogP contribution in [0.4, 0.5) is 0 Å². The molecule has 0 spiro atoms. The van der Waals surface area contributed by atoms with Gasteiger partial charge in [-0.3, -0.25) is 4.98 Å². The van der Waals surface area contributed by atoms with Gasteiger partial charge in [-0.15, -0.1) is 0 Å². The molecule has 2 aromatic heterocycles. The summed E-state index contributed by atoms with van der Waals surface area (Å²) in [5.41, 5.74) is 5.75. The Balaban J connectivity index is 1.82. The number of nitrogens with zero attached hydrogens (tertiary/aromatic N) is 3. The van der Waals surface area contributed by atoms with E-state index in [2.05, 4.69) is 79.9 Å². The van der Waals surface area contributed by atoms with E-state index in [9.17, 15) is 0 Å². The maximum Gasteiger partial charge on any atom is 0.170 e. The number of ether oxygens (including phenoxy) is 1. The summed E-state index contributed by atoms with van der Waals surface area (Å²) in [7, 11) is 1.72. The third-order valence-electron chi connectivity index (χ3n) is 5.59. The molecule has 5 nitrogen and oxygen atoms in total. The number of aromatic nitrogens is 2. The summed E-state index contributed by atoms with van der Waals surface area (Å²) in [6.07, 6.45) is 1.83. The summed E-state index contributed by atoms with van der Waals surface area (Å²) >= 11 is 9.32. The third kappa shape index (κ3) is 3.89. The van der Waals surface area contributed by atoms with Gasteiger partial charge in [-0.1, -0.05) is 28.1 Å². The summed E-state index contributed by atoms with van der Waals surface area (Å²) in [6.45, 7) is 5.65. The van der Waals surface area contributed by atoms with Crippen molar-refractivity contribution >= 4 is 33.3 Å². The SMILES string of the molecule is COCCN1C(=S)N[C@@H](c2ccccn2)[C@@H]1c1cc(C)n(-c2cccc(Br)c2)c1C. The third-order valence-corrected chi connectivity index (χ3v) is 6.44. The van der Waals surface area contributed by atoms with Crippen LogP contribution in [-0.4, -0.2) is 39.8 Å². The highest BCUT2D eigenvalue weighted by atomic mass is 79.9. The average Bonchev–Trinajstić information content (AvgIpc) is 3.22. The molecular formula is C23H25BrN4OS. The molecule has 1 N–H and O–H groups in total. The second-order valence-corrected chi connectivity index (χ2v) is 8.76. The van der Waals surface area contributed by atoms with Crippen LogP contribution in [0.5, 0.6) is 0 Å². The minimum Gasteiger partial charge on any atom is -0.383 e. The van der Waals surface area contributed by atoms with Crippen LogP contribution in [0.25, 0.3) is 5.69 Å². The molecule has 2 atom stereocenters. The van der Waals surface area contributed by atoms with Gasteiger partial charge in [0.1, 0.15) is 0 Å². The van der Waals surface area contributed by atoms with Crippen LogP contribution < -0.4 is 5.32 Å². The normalized spacial score (nSPS) is 18.7. The Bertz CT molecular complexity index is 1050. The lowest BCUT2D eigenvalue weighted by Gasteiger charge is -2.28. The zero-order valence-electron chi connectivity index (χ0n) is 17.3. The average molecular weight is 485 g/mol. The van der Waals surface area contributed by atoms with E-state index in [1.807, 2.05) is 24.4 Å². The van der Waals surface area contributed by atoms with Crippen molar-refractivity contribution in [2.75, 3.05) is 20.3 Å². The highest BCUT2D eigenvalue weighted by molar-refractivity contribution is 9.10. The molecule has 7 heteroatoms. The van der Waals surface area contributed by atoms with Crippen molar-refractivity contribution in [1.82, 2.24) is 19.8 Å². The Hall–Kier alpha value is -2.22. The Labute approximate surface area is 191 Å². The van der Waals surface area contributed by atoms with Crippen molar-refractivity contribution in [2.45, 2.75) is 25.9 Å². The molecule has 30 heavy (non-hydrogen) atoms. The topological polar surface area (TPSA) is 42.3 Å². The van der Waals surface area contributed by atoms with Crippen LogP contribution in [0, 0.1) is 13.8 Å². The number of halogens is 1. The summed E-state index contributed by atoms with van der Waals surface area (Å²) in [6, 6.07) is 16.7. The molecule has 3 heterocycles. The molecule has 3 aromatic rings. The number of hydrogen-bond donors (Lipinski definition) is 1. The number of benzene rings is 1. The van der Waals surface area contributed by atoms with Gasteiger partial charge < -0.3 is 19.5 Å². The van der Waals surface area contributed by atoms with Gasteiger partial charge in [0.05, 0.1) is 24.4 Å². The van der Waals surface area contributed by atoms with Gasteiger partial charge in [0.2, 0.25) is 0 Å². The molecule has 1 fully saturated rings. The van der Waals surface area contributed by atoms with Crippen LogP contribution in [0.3, 0.4) is 0 Å². The predicted molar refractivity (Wildman–Crippen MR) is 127 cm³/mol. The first-order valence-electron chi connectivity index (χ1n) is 9.93. The molecule has 156 valence electrons. The molecular weight excluding hydrogens is 460 g/mol. The summed E-state index contributed by atoms with van der Waals surface area (Å²) in [5, 5.41) is 4.24. The van der Waals surface area contributed by atoms with E-state index in [0.29, 0.717) is 6.61 Å². The highest BCUT2D eigenvalue weighted by Crippen LogP contribution is 2.41. The molecule has 0 aliphatic carbocycles. The smallest absolute Gasteiger partial charge is 0.170 e. The fourth-order valence-corrected chi connectivity index (χ4v) is 4.99. The van der Waals surface area contributed by atoms with Gasteiger partial charge in [-0.05, 0) is 68.0 Å². The summed E-state index contributed by atoms with van der Waals surface area (Å²) in [5.74, 6) is 0. The maximum absolute atomic E-state index is 5.72. The molecule has 0 radical (unpaired) electrons. The van der Waals surface area contributed by atoms with Gasteiger partial charge in [-0.25, -0.2) is 0 Å². The fourth-order valence-electron chi connectivity index (χ4n) is 4.27. The van der Waals surface area contributed by atoms with Gasteiger partial charge in [-0.2, -0.15) is 0 Å². The molecule has 1 aliphatic heterocycles. The van der Waals surface area contributed by atoms with Crippen molar-refractivity contribution in [2.24, 2.45) is 0 Å². The molecule has 0 amide bonds. The second-order valence-electron chi connectivity index (χ2n) is 7.45. The molecule has 0 saturated carbocycles. The Morgan fingerprint density at radius 1 is 1.17 bits per heavy atom. The number of aryl methyl sites for hydroxylation is 1. The van der Waals surface area contributed by atoms with E-state index in [1.54, 1.807) is 7.11 Å². The van der Waals surface area contributed by atoms with E-state index in [-0.39, 0.29) is 12.1 Å². The van der Waals surface area contributed by atoms with Crippen LogP contribution in [0.2, 0.25) is 0 Å². The van der Waals surface area contributed by atoms with E-state index in [1.165, 1.54) is 17.0 Å². The van der Waals surface area contributed by atoms with E-state index in [0.717, 1.165) is 27.5 Å². The van der Waals surface area contributed by atoms with Gasteiger partial charge in [0, 0.05) is 41.4 Å². The number of thiocarbonyl (C=S) groups is 1. The van der Waals surface area contributed by atoms with E-state index in [4.69, 9.17) is 17.0 Å². The summed E-state index contributed by atoms with van der Waals surface area (Å²) in [4.78, 5) is 6.85. The van der Waals surface area contributed by atoms with E-state index >= 15 is 0 Å². The molecule has 0 bridgehead atoms. The Kier molecular flexibility index (Phi) is 6.22. The minimum atomic E-state index is -0.0213. The van der Waals surface area contributed by atoms with Crippen molar-refractivity contribution in [1.29, 1.82) is 0 Å². The Morgan fingerprint density at radius 3 is 2.70 bits per heavy atom. The zero-order chi connectivity index (χ0) is 21.3. The van der Waals surface area contributed by atoms with Gasteiger partial charge in [0.25, 0.3) is 0 Å². The number of methoxy groups -OCH3 is 1. The number of nitrogens with one attached hydrogen (secondary N) is 1. The molecule has 1 aliphatic rings. The number of hydrogen-bond acceptors (Lipinski definition) is 3. The number of pyridine rings is 1. The van der Waals surface area contributed by atoms with Gasteiger partial charge in [0.15, 0.2) is 5.11 Å². The van der Waals surface area contributed by atoms with Crippen LogP contribution >= 0.6 is 28.1 Å². The molecule has 1 saturated heterocycles. The predicted octanol–water partition coefficient (Wildman–Crippen LogP) is 4.87. The largest absolute Gasteiger partial charge is 0.383 e. The van der Waals surface area contributed by atoms with Crippen LogP contribution in [-0.2, 0) is 4.74 Å². The van der Waals surface area contributed by atoms with Crippen LogP contribution in [0.15, 0.2) is 59.2 Å². The standard InChI is InChI=1S/C23H25BrN4OS/c1-15-13-19(16(2)28(15)18-8-6-7-17(24)14-18)22-21(20-9-4-5-10-25-20)26-23(30)27(22)11-12-29-3/h4-10,13-14,21-22H,11-12H2,1-3H3,(H,26,30)/t21-,22-/m0/s1. The molecule has 0 unspecified atom stereocenters. The summed E-state index contributed by atoms with van der Waals surface area (Å²) < 4.78 is 8.72. The lowest BCUT2D eigenvalue weighted by molar-refractivity contribution is 0.164. The van der Waals surface area contributed by atoms with Gasteiger partial charge >= 0.3 is 0 Å². The zero-order valence-corrected chi connectivity index (χ0v) is 19.7. The fraction of sp³-hybridized carbons (Fsp3) is 0.304. The quantitative estimate of drug-likeness (QED) is 0.505. The van der Waals surface area contributed by atoms with E-state index < -0.39 is 0 Å². The van der Waals surface area contributed by atoms with Crippen molar-refractivity contribution < 1.29 is 4.74 Å². The second kappa shape index (κ2) is 8.88. The highest BCUT2D eigenvalue weighted by Gasteiger charge is 2.41.